The van der Waals surface area contributed by atoms with E-state index in [0.29, 0.717) is 6.54 Å². The minimum absolute atomic E-state index is 0.0542. The minimum atomic E-state index is -0.809. The number of methoxy groups -OCH3 is 1. The van der Waals surface area contributed by atoms with Gasteiger partial charge in [-0.1, -0.05) is 19.1 Å². The maximum absolute atomic E-state index is 11.7. The Labute approximate surface area is 153 Å². The van der Waals surface area contributed by atoms with Crippen molar-refractivity contribution in [2.45, 2.75) is 32.6 Å². The number of ether oxygens (including phenoxy) is 1. The molecule has 0 saturated heterocycles. The molecule has 2 aromatic rings. The summed E-state index contributed by atoms with van der Waals surface area (Å²) in [6.07, 6.45) is 0.920. The lowest BCUT2D eigenvalue weighted by Gasteiger charge is -2.17. The fourth-order valence-electron chi connectivity index (χ4n) is 3.53. The smallest absolute Gasteiger partial charge is 0.303 e. The lowest BCUT2D eigenvalue weighted by atomic mass is 9.93. The molecule has 1 amide bonds. The van der Waals surface area contributed by atoms with Crippen molar-refractivity contribution in [3.8, 4) is 16.9 Å². The van der Waals surface area contributed by atoms with Crippen LogP contribution < -0.4 is 9.64 Å². The van der Waals surface area contributed by atoms with Crippen LogP contribution in [0.1, 0.15) is 37.3 Å². The number of rotatable bonds is 5. The molecule has 0 bridgehead atoms. The van der Waals surface area contributed by atoms with Crippen molar-refractivity contribution < 1.29 is 19.4 Å². The first-order chi connectivity index (χ1) is 12.4. The highest BCUT2D eigenvalue weighted by atomic mass is 16.5. The average Bonchev–Trinajstić information content (AvgIpc) is 3.03. The van der Waals surface area contributed by atoms with Crippen LogP contribution in [0.3, 0.4) is 0 Å². The van der Waals surface area contributed by atoms with Crippen molar-refractivity contribution in [2.75, 3.05) is 18.6 Å². The van der Waals surface area contributed by atoms with Gasteiger partial charge in [-0.25, -0.2) is 0 Å². The normalized spacial score (nSPS) is 14.0. The Hall–Kier alpha value is -2.82. The molecule has 0 saturated carbocycles. The number of carbonyl (C=O) groups is 2. The first-order valence-corrected chi connectivity index (χ1v) is 8.72. The fourth-order valence-corrected chi connectivity index (χ4v) is 3.53. The lowest BCUT2D eigenvalue weighted by Crippen LogP contribution is -2.25. The Morgan fingerprint density at radius 3 is 2.65 bits per heavy atom. The molecule has 2 aromatic carbocycles. The molecule has 5 heteroatoms. The van der Waals surface area contributed by atoms with E-state index < -0.39 is 5.97 Å². The average molecular weight is 353 g/mol. The summed E-state index contributed by atoms with van der Waals surface area (Å²) in [6, 6.07) is 11.9. The van der Waals surface area contributed by atoms with Gasteiger partial charge in [0.2, 0.25) is 5.91 Å². The molecule has 136 valence electrons. The summed E-state index contributed by atoms with van der Waals surface area (Å²) in [5, 5.41) is 9.05. The van der Waals surface area contributed by atoms with Crippen molar-refractivity contribution in [3.05, 3.63) is 47.5 Å². The second-order valence-electron chi connectivity index (χ2n) is 6.72. The molecule has 1 N–H and O–H groups in total. The summed E-state index contributed by atoms with van der Waals surface area (Å²) in [5.74, 6) is -0.0901. The minimum Gasteiger partial charge on any atom is -0.496 e. The summed E-state index contributed by atoms with van der Waals surface area (Å²) < 4.78 is 5.51. The topological polar surface area (TPSA) is 66.8 Å². The maximum Gasteiger partial charge on any atom is 0.303 e. The lowest BCUT2D eigenvalue weighted by molar-refractivity contribution is -0.137. The number of hydrogen-bond acceptors (Lipinski definition) is 3. The molecule has 26 heavy (non-hydrogen) atoms. The number of aliphatic carboxylic acids is 1. The Morgan fingerprint density at radius 2 is 2.00 bits per heavy atom. The number of anilines is 1. The van der Waals surface area contributed by atoms with E-state index in [4.69, 9.17) is 9.84 Å². The van der Waals surface area contributed by atoms with Crippen LogP contribution in [0.15, 0.2) is 36.4 Å². The van der Waals surface area contributed by atoms with Gasteiger partial charge in [-0.05, 0) is 53.3 Å². The first kappa shape index (κ1) is 18.0. The van der Waals surface area contributed by atoms with Gasteiger partial charge in [-0.2, -0.15) is 0 Å². The predicted octanol–water partition coefficient (Wildman–Crippen LogP) is 3.85. The predicted molar refractivity (Wildman–Crippen MR) is 101 cm³/mol. The number of hydrogen-bond donors (Lipinski definition) is 1. The van der Waals surface area contributed by atoms with Crippen LogP contribution in [0.25, 0.3) is 11.1 Å². The van der Waals surface area contributed by atoms with E-state index >= 15 is 0 Å². The van der Waals surface area contributed by atoms with Crippen LogP contribution in [0, 0.1) is 0 Å². The molecule has 1 atom stereocenters. The van der Waals surface area contributed by atoms with Crippen LogP contribution in [0.2, 0.25) is 0 Å². The van der Waals surface area contributed by atoms with Gasteiger partial charge in [0.15, 0.2) is 0 Å². The maximum atomic E-state index is 11.7. The summed E-state index contributed by atoms with van der Waals surface area (Å²) in [7, 11) is 1.63. The number of fused-ring (bicyclic) bond motifs is 1. The summed E-state index contributed by atoms with van der Waals surface area (Å²) in [4.78, 5) is 24.5. The summed E-state index contributed by atoms with van der Waals surface area (Å²) in [6.45, 7) is 4.20. The molecule has 0 aromatic heterocycles. The van der Waals surface area contributed by atoms with Crippen LogP contribution in [0.4, 0.5) is 5.69 Å². The number of carboxylic acid groups (broad SMARTS) is 1. The second kappa shape index (κ2) is 7.20. The van der Waals surface area contributed by atoms with Crippen LogP contribution in [0.5, 0.6) is 5.75 Å². The monoisotopic (exact) mass is 353 g/mol. The molecular weight excluding hydrogens is 330 g/mol. The zero-order valence-corrected chi connectivity index (χ0v) is 15.3. The van der Waals surface area contributed by atoms with Crippen molar-refractivity contribution >= 4 is 17.6 Å². The number of benzene rings is 2. The van der Waals surface area contributed by atoms with Crippen molar-refractivity contribution in [2.24, 2.45) is 0 Å². The van der Waals surface area contributed by atoms with E-state index in [1.807, 2.05) is 37.3 Å². The highest BCUT2D eigenvalue weighted by Gasteiger charge is 2.23. The molecule has 1 aliphatic rings. The Morgan fingerprint density at radius 1 is 1.23 bits per heavy atom. The molecule has 3 rings (SSSR count). The Balaban J connectivity index is 2.00. The van der Waals surface area contributed by atoms with E-state index in [0.717, 1.165) is 40.1 Å². The van der Waals surface area contributed by atoms with Gasteiger partial charge in [-0.15, -0.1) is 0 Å². The van der Waals surface area contributed by atoms with Crippen molar-refractivity contribution in [3.63, 3.8) is 0 Å². The van der Waals surface area contributed by atoms with E-state index in [-0.39, 0.29) is 18.2 Å². The molecule has 0 aliphatic carbocycles. The van der Waals surface area contributed by atoms with Crippen LogP contribution in [-0.2, 0) is 16.0 Å². The molecule has 1 unspecified atom stereocenters. The third-order valence-electron chi connectivity index (χ3n) is 4.94. The molecule has 5 nitrogen and oxygen atoms in total. The van der Waals surface area contributed by atoms with Crippen molar-refractivity contribution in [1.82, 2.24) is 0 Å². The highest BCUT2D eigenvalue weighted by molar-refractivity contribution is 5.94. The van der Waals surface area contributed by atoms with Gasteiger partial charge in [0.05, 0.1) is 13.5 Å². The molecule has 1 heterocycles. The van der Waals surface area contributed by atoms with Gasteiger partial charge in [0.1, 0.15) is 5.75 Å². The van der Waals surface area contributed by atoms with E-state index in [1.165, 1.54) is 0 Å². The summed E-state index contributed by atoms with van der Waals surface area (Å²) >= 11 is 0. The number of carboxylic acids is 1. The number of nitrogens with zero attached hydrogens (tertiary/aromatic N) is 1. The zero-order valence-electron chi connectivity index (χ0n) is 15.3. The van der Waals surface area contributed by atoms with E-state index in [1.54, 1.807) is 18.9 Å². The van der Waals surface area contributed by atoms with Crippen molar-refractivity contribution in [1.29, 1.82) is 0 Å². The Kier molecular flexibility index (Phi) is 4.98. The largest absolute Gasteiger partial charge is 0.496 e. The molecule has 0 radical (unpaired) electrons. The Bertz CT molecular complexity index is 859. The van der Waals surface area contributed by atoms with Gasteiger partial charge < -0.3 is 14.7 Å². The molecule has 0 fully saturated rings. The van der Waals surface area contributed by atoms with E-state index in [9.17, 15) is 9.59 Å². The SMILES string of the molecule is COc1ccc(C(C)CC(=O)O)cc1-c1ccc2c(c1)CCN2C(C)=O. The van der Waals surface area contributed by atoms with Crippen LogP contribution >= 0.6 is 0 Å². The third kappa shape index (κ3) is 3.43. The molecule has 0 spiro atoms. The quantitative estimate of drug-likeness (QED) is 0.887. The fraction of sp³-hybridized carbons (Fsp3) is 0.333. The van der Waals surface area contributed by atoms with Gasteiger partial charge in [-0.3, -0.25) is 9.59 Å². The molecule has 1 aliphatic heterocycles. The number of carbonyl (C=O) groups excluding carboxylic acids is 1. The third-order valence-corrected chi connectivity index (χ3v) is 4.94. The van der Waals surface area contributed by atoms with Gasteiger partial charge in [0.25, 0.3) is 0 Å². The van der Waals surface area contributed by atoms with Gasteiger partial charge in [0, 0.05) is 24.7 Å². The van der Waals surface area contributed by atoms with Crippen LogP contribution in [-0.4, -0.2) is 30.6 Å². The highest BCUT2D eigenvalue weighted by Crippen LogP contribution is 2.37. The second-order valence-corrected chi connectivity index (χ2v) is 6.72. The molecular formula is C21H23NO4. The zero-order chi connectivity index (χ0) is 18.8. The van der Waals surface area contributed by atoms with E-state index in [2.05, 4.69) is 6.07 Å². The standard InChI is InChI=1S/C21H23NO4/c1-13(10-21(24)25)15-5-7-20(26-3)18(12-15)16-4-6-19-17(11-16)8-9-22(19)14(2)23/h4-7,11-13H,8-10H2,1-3H3,(H,24,25). The summed E-state index contributed by atoms with van der Waals surface area (Å²) in [5.41, 5.74) is 5.02. The van der Waals surface area contributed by atoms with Gasteiger partial charge >= 0.3 is 5.97 Å². The first-order valence-electron chi connectivity index (χ1n) is 8.72. The number of amides is 1.